The molecule has 0 bridgehead atoms. The smallest absolute Gasteiger partial charge is 0.242 e. The molecule has 0 saturated carbocycles. The van der Waals surface area contributed by atoms with Crippen LogP contribution in [0.2, 0.25) is 0 Å². The van der Waals surface area contributed by atoms with Crippen LogP contribution in [0.5, 0.6) is 0 Å². The normalized spacial score (nSPS) is 11.9. The van der Waals surface area contributed by atoms with Crippen molar-refractivity contribution in [3.8, 4) is 0 Å². The lowest BCUT2D eigenvalue weighted by molar-refractivity contribution is -0.140. The molecule has 30 heavy (non-hydrogen) atoms. The molecule has 1 atom stereocenters. The first-order valence-corrected chi connectivity index (χ1v) is 11.5. The van der Waals surface area contributed by atoms with Crippen LogP contribution in [-0.4, -0.2) is 29.3 Å². The van der Waals surface area contributed by atoms with Crippen LogP contribution in [0.1, 0.15) is 63.1 Å². The molecule has 4 nitrogen and oxygen atoms in total. The van der Waals surface area contributed by atoms with E-state index in [1.54, 1.807) is 11.8 Å². The van der Waals surface area contributed by atoms with E-state index in [9.17, 15) is 9.59 Å². The van der Waals surface area contributed by atoms with Gasteiger partial charge < -0.3 is 10.2 Å². The Kier molecular flexibility index (Phi) is 9.57. The molecule has 2 aromatic rings. The average Bonchev–Trinajstić information content (AvgIpc) is 2.74. The maximum Gasteiger partial charge on any atom is 0.242 e. The Balaban J connectivity index is 2.11. The van der Waals surface area contributed by atoms with Gasteiger partial charge in [0.2, 0.25) is 11.8 Å². The van der Waals surface area contributed by atoms with Crippen molar-refractivity contribution >= 4 is 27.7 Å². The molecule has 0 spiro atoms. The van der Waals surface area contributed by atoms with E-state index in [1.165, 1.54) is 5.56 Å². The van der Waals surface area contributed by atoms with E-state index in [2.05, 4.69) is 59.4 Å². The maximum absolute atomic E-state index is 13.1. The van der Waals surface area contributed by atoms with Crippen molar-refractivity contribution in [2.75, 3.05) is 6.54 Å². The molecule has 0 aliphatic carbocycles. The Bertz CT molecular complexity index is 833. The Labute approximate surface area is 189 Å². The maximum atomic E-state index is 13.1. The van der Waals surface area contributed by atoms with Gasteiger partial charge in [-0.2, -0.15) is 0 Å². The van der Waals surface area contributed by atoms with Crippen LogP contribution in [0.25, 0.3) is 0 Å². The number of nitrogens with zero attached hydrogens (tertiary/aromatic N) is 1. The quantitative estimate of drug-likeness (QED) is 0.499. The number of amides is 2. The van der Waals surface area contributed by atoms with Crippen LogP contribution in [0.4, 0.5) is 0 Å². The first-order chi connectivity index (χ1) is 14.3. The zero-order valence-electron chi connectivity index (χ0n) is 18.5. The highest BCUT2D eigenvalue weighted by molar-refractivity contribution is 9.10. The molecule has 0 radical (unpaired) electrons. The number of halogens is 1. The molecule has 0 heterocycles. The van der Waals surface area contributed by atoms with Crippen molar-refractivity contribution in [2.45, 2.75) is 65.5 Å². The van der Waals surface area contributed by atoms with Crippen molar-refractivity contribution in [3.63, 3.8) is 0 Å². The molecule has 2 rings (SSSR count). The molecule has 0 saturated heterocycles. The van der Waals surface area contributed by atoms with E-state index in [4.69, 9.17) is 0 Å². The van der Waals surface area contributed by atoms with E-state index < -0.39 is 6.04 Å². The van der Waals surface area contributed by atoms with Crippen LogP contribution in [0.15, 0.2) is 53.0 Å². The van der Waals surface area contributed by atoms with E-state index in [-0.39, 0.29) is 11.8 Å². The van der Waals surface area contributed by atoms with Crippen molar-refractivity contribution in [2.24, 2.45) is 0 Å². The van der Waals surface area contributed by atoms with Gasteiger partial charge in [-0.15, -0.1) is 0 Å². The third-order valence-corrected chi connectivity index (χ3v) is 5.73. The van der Waals surface area contributed by atoms with Crippen LogP contribution in [0.3, 0.4) is 0 Å². The summed E-state index contributed by atoms with van der Waals surface area (Å²) >= 11 is 3.48. The molecular weight excluding hydrogens is 440 g/mol. The third-order valence-electron chi connectivity index (χ3n) is 5.23. The first-order valence-electron chi connectivity index (χ1n) is 10.7. The van der Waals surface area contributed by atoms with Crippen LogP contribution in [0, 0.1) is 0 Å². The van der Waals surface area contributed by atoms with Gasteiger partial charge in [0.25, 0.3) is 0 Å². The standard InChI is InChI=1S/C25H33BrN2O2/c1-5-15-27-25(30)19(4)28(17-21-7-6-8-23(26)16-21)24(29)14-11-20-9-12-22(13-10-20)18(2)3/h6-10,12-13,16,18-19H,5,11,14-15,17H2,1-4H3,(H,27,30)/t19-/m0/s1. The summed E-state index contributed by atoms with van der Waals surface area (Å²) in [6.45, 7) is 9.18. The molecular formula is C25H33BrN2O2. The molecule has 1 N–H and O–H groups in total. The second-order valence-electron chi connectivity index (χ2n) is 8.01. The fourth-order valence-electron chi connectivity index (χ4n) is 3.27. The minimum Gasteiger partial charge on any atom is -0.354 e. The number of carbonyl (C=O) groups excluding carboxylic acids is 2. The predicted molar refractivity (Wildman–Crippen MR) is 126 cm³/mol. The van der Waals surface area contributed by atoms with Crippen LogP contribution < -0.4 is 5.32 Å². The molecule has 0 aliphatic heterocycles. The van der Waals surface area contributed by atoms with Gasteiger partial charge in [-0.1, -0.05) is 73.1 Å². The molecule has 2 aromatic carbocycles. The second-order valence-corrected chi connectivity index (χ2v) is 8.93. The topological polar surface area (TPSA) is 49.4 Å². The van der Waals surface area contributed by atoms with Crippen molar-refractivity contribution in [1.82, 2.24) is 10.2 Å². The lowest BCUT2D eigenvalue weighted by Gasteiger charge is -2.29. The van der Waals surface area contributed by atoms with E-state index >= 15 is 0 Å². The van der Waals surface area contributed by atoms with Crippen LogP contribution >= 0.6 is 15.9 Å². The molecule has 0 aliphatic rings. The summed E-state index contributed by atoms with van der Waals surface area (Å²) in [7, 11) is 0. The Morgan fingerprint density at radius 3 is 2.33 bits per heavy atom. The number of carbonyl (C=O) groups is 2. The lowest BCUT2D eigenvalue weighted by Crippen LogP contribution is -2.47. The number of rotatable bonds is 10. The van der Waals surface area contributed by atoms with Gasteiger partial charge in [0.15, 0.2) is 0 Å². The van der Waals surface area contributed by atoms with Gasteiger partial charge in [0.1, 0.15) is 6.04 Å². The van der Waals surface area contributed by atoms with Crippen molar-refractivity contribution in [3.05, 3.63) is 69.7 Å². The molecule has 0 fully saturated rings. The molecule has 5 heteroatoms. The van der Waals surface area contributed by atoms with Crippen LogP contribution in [-0.2, 0) is 22.6 Å². The fourth-order valence-corrected chi connectivity index (χ4v) is 3.72. The van der Waals surface area contributed by atoms with Crippen molar-refractivity contribution < 1.29 is 9.59 Å². The lowest BCUT2D eigenvalue weighted by atomic mass is 10.00. The van der Waals surface area contributed by atoms with E-state index in [1.807, 2.05) is 31.2 Å². The molecule has 0 unspecified atom stereocenters. The van der Waals surface area contributed by atoms with E-state index in [0.717, 1.165) is 22.0 Å². The summed E-state index contributed by atoms with van der Waals surface area (Å²) in [6, 6.07) is 15.8. The SMILES string of the molecule is CCCNC(=O)[C@H](C)N(Cc1cccc(Br)c1)C(=O)CCc1ccc(C(C)C)cc1. The number of aryl methyl sites for hydroxylation is 1. The largest absolute Gasteiger partial charge is 0.354 e. The van der Waals surface area contributed by atoms with E-state index in [0.29, 0.717) is 31.8 Å². The summed E-state index contributed by atoms with van der Waals surface area (Å²) < 4.78 is 0.959. The van der Waals surface area contributed by atoms with Gasteiger partial charge in [-0.05, 0) is 54.5 Å². The minimum atomic E-state index is -0.522. The summed E-state index contributed by atoms with van der Waals surface area (Å²) in [6.07, 6.45) is 1.90. The summed E-state index contributed by atoms with van der Waals surface area (Å²) in [5, 5.41) is 2.91. The minimum absolute atomic E-state index is 0.0120. The molecule has 0 aromatic heterocycles. The highest BCUT2D eigenvalue weighted by Gasteiger charge is 2.25. The first kappa shape index (κ1) is 24.1. The predicted octanol–water partition coefficient (Wildman–Crippen LogP) is 5.45. The van der Waals surface area contributed by atoms with Gasteiger partial charge >= 0.3 is 0 Å². The van der Waals surface area contributed by atoms with Gasteiger partial charge in [-0.25, -0.2) is 0 Å². The number of benzene rings is 2. The Morgan fingerprint density at radius 1 is 1.03 bits per heavy atom. The van der Waals surface area contributed by atoms with Crippen molar-refractivity contribution in [1.29, 1.82) is 0 Å². The Hall–Kier alpha value is -2.14. The highest BCUT2D eigenvalue weighted by atomic mass is 79.9. The number of hydrogen-bond acceptors (Lipinski definition) is 2. The number of nitrogens with one attached hydrogen (secondary N) is 1. The summed E-state index contributed by atoms with van der Waals surface area (Å²) in [5.74, 6) is 0.368. The van der Waals surface area contributed by atoms with Gasteiger partial charge in [0.05, 0.1) is 0 Å². The third kappa shape index (κ3) is 7.28. The second kappa shape index (κ2) is 11.9. The summed E-state index contributed by atoms with van der Waals surface area (Å²) in [4.78, 5) is 27.4. The highest BCUT2D eigenvalue weighted by Crippen LogP contribution is 2.18. The Morgan fingerprint density at radius 2 is 1.73 bits per heavy atom. The van der Waals surface area contributed by atoms with Gasteiger partial charge in [-0.3, -0.25) is 9.59 Å². The monoisotopic (exact) mass is 472 g/mol. The zero-order chi connectivity index (χ0) is 22.1. The van der Waals surface area contributed by atoms with Gasteiger partial charge in [0, 0.05) is 24.0 Å². The molecule has 2 amide bonds. The zero-order valence-corrected chi connectivity index (χ0v) is 20.0. The number of hydrogen-bond donors (Lipinski definition) is 1. The average molecular weight is 473 g/mol. The molecule has 162 valence electrons. The summed E-state index contributed by atoms with van der Waals surface area (Å²) in [5.41, 5.74) is 3.43. The fraction of sp³-hybridized carbons (Fsp3) is 0.440.